The monoisotopic (exact) mass is 314 g/mol. The second kappa shape index (κ2) is 6.08. The van der Waals surface area contributed by atoms with Crippen molar-refractivity contribution in [2.45, 2.75) is 12.8 Å². The number of oxazole rings is 1. The Labute approximate surface area is 131 Å². The number of aromatic nitrogens is 1. The molecule has 0 aliphatic heterocycles. The second-order valence-electron chi connectivity index (χ2n) is 5.28. The molecular formula is C17H15FN2O3. The van der Waals surface area contributed by atoms with E-state index in [4.69, 9.17) is 4.42 Å². The lowest BCUT2D eigenvalue weighted by atomic mass is 10.1. The molecule has 0 aliphatic carbocycles. The van der Waals surface area contributed by atoms with Crippen molar-refractivity contribution < 1.29 is 13.6 Å². The lowest BCUT2D eigenvalue weighted by molar-refractivity contribution is -0.116. The SMILES string of the molecule is Cn1c(=O)oc2ccc(CCC(=O)Nc3ccc(F)cc3)cc21. The molecule has 1 N–H and O–H groups in total. The smallest absolute Gasteiger partial charge is 0.408 e. The van der Waals surface area contributed by atoms with Crippen LogP contribution in [0.4, 0.5) is 10.1 Å². The second-order valence-corrected chi connectivity index (χ2v) is 5.28. The molecule has 1 amide bonds. The molecule has 0 bridgehead atoms. The molecule has 0 saturated carbocycles. The van der Waals surface area contributed by atoms with Crippen molar-refractivity contribution in [3.05, 3.63) is 64.4 Å². The Morgan fingerprint density at radius 1 is 1.22 bits per heavy atom. The van der Waals surface area contributed by atoms with Gasteiger partial charge in [-0.2, -0.15) is 0 Å². The van der Waals surface area contributed by atoms with Crippen LogP contribution in [0.1, 0.15) is 12.0 Å². The van der Waals surface area contributed by atoms with E-state index in [2.05, 4.69) is 5.32 Å². The largest absolute Gasteiger partial charge is 0.419 e. The maximum Gasteiger partial charge on any atom is 0.419 e. The molecule has 0 radical (unpaired) electrons. The van der Waals surface area contributed by atoms with Gasteiger partial charge in [0.05, 0.1) is 5.52 Å². The molecule has 2 aromatic carbocycles. The van der Waals surface area contributed by atoms with Gasteiger partial charge in [0.2, 0.25) is 5.91 Å². The molecule has 1 heterocycles. The van der Waals surface area contributed by atoms with Crippen molar-refractivity contribution in [2.75, 3.05) is 5.32 Å². The number of amides is 1. The molecule has 3 rings (SSSR count). The minimum atomic E-state index is -0.411. The summed E-state index contributed by atoms with van der Waals surface area (Å²) in [5.74, 6) is -0.911. The molecule has 0 unspecified atom stereocenters. The van der Waals surface area contributed by atoms with E-state index in [0.717, 1.165) is 5.56 Å². The third-order valence-corrected chi connectivity index (χ3v) is 3.62. The van der Waals surface area contributed by atoms with Gasteiger partial charge in [0.25, 0.3) is 0 Å². The lowest BCUT2D eigenvalue weighted by Crippen LogP contribution is -2.12. The molecule has 1 aromatic heterocycles. The zero-order chi connectivity index (χ0) is 16.4. The third kappa shape index (κ3) is 3.31. The first-order chi connectivity index (χ1) is 11.0. The van der Waals surface area contributed by atoms with Gasteiger partial charge in [0, 0.05) is 19.2 Å². The number of halogens is 1. The van der Waals surface area contributed by atoms with Gasteiger partial charge in [-0.1, -0.05) is 6.07 Å². The molecule has 0 spiro atoms. The van der Waals surface area contributed by atoms with Crippen molar-refractivity contribution in [1.82, 2.24) is 4.57 Å². The van der Waals surface area contributed by atoms with Gasteiger partial charge < -0.3 is 9.73 Å². The van der Waals surface area contributed by atoms with Crippen molar-refractivity contribution in [2.24, 2.45) is 7.05 Å². The summed E-state index contributed by atoms with van der Waals surface area (Å²) in [6, 6.07) is 11.0. The Morgan fingerprint density at radius 3 is 2.70 bits per heavy atom. The highest BCUT2D eigenvalue weighted by Crippen LogP contribution is 2.16. The van der Waals surface area contributed by atoms with E-state index in [1.54, 1.807) is 13.1 Å². The van der Waals surface area contributed by atoms with E-state index in [1.807, 2.05) is 12.1 Å². The zero-order valence-electron chi connectivity index (χ0n) is 12.5. The van der Waals surface area contributed by atoms with Crippen LogP contribution < -0.4 is 11.1 Å². The topological polar surface area (TPSA) is 64.2 Å². The summed E-state index contributed by atoms with van der Waals surface area (Å²) < 4.78 is 19.3. The summed E-state index contributed by atoms with van der Waals surface area (Å²) in [7, 11) is 1.64. The van der Waals surface area contributed by atoms with Gasteiger partial charge in [0.1, 0.15) is 5.82 Å². The fourth-order valence-corrected chi connectivity index (χ4v) is 2.34. The van der Waals surface area contributed by atoms with E-state index >= 15 is 0 Å². The van der Waals surface area contributed by atoms with Gasteiger partial charge in [-0.15, -0.1) is 0 Å². The Balaban J connectivity index is 1.65. The Bertz CT molecular complexity index is 910. The number of rotatable bonds is 4. The zero-order valence-corrected chi connectivity index (χ0v) is 12.5. The Hall–Kier alpha value is -2.89. The molecule has 0 atom stereocenters. The number of nitrogens with zero attached hydrogens (tertiary/aromatic N) is 1. The average Bonchev–Trinajstić information content (AvgIpc) is 2.82. The van der Waals surface area contributed by atoms with Crippen molar-refractivity contribution in [3.63, 3.8) is 0 Å². The van der Waals surface area contributed by atoms with Gasteiger partial charge in [-0.3, -0.25) is 9.36 Å². The van der Waals surface area contributed by atoms with Gasteiger partial charge in [-0.25, -0.2) is 9.18 Å². The molecule has 0 aliphatic rings. The first-order valence-electron chi connectivity index (χ1n) is 7.17. The van der Waals surface area contributed by atoms with Gasteiger partial charge in [0.15, 0.2) is 5.58 Å². The molecule has 3 aromatic rings. The molecular weight excluding hydrogens is 299 g/mol. The van der Waals surface area contributed by atoms with Crippen LogP contribution in [-0.2, 0) is 18.3 Å². The van der Waals surface area contributed by atoms with Crippen molar-refractivity contribution >= 4 is 22.7 Å². The van der Waals surface area contributed by atoms with Crippen LogP contribution in [0.15, 0.2) is 51.7 Å². The molecule has 0 saturated heterocycles. The maximum absolute atomic E-state index is 12.8. The fraction of sp³-hybridized carbons (Fsp3) is 0.176. The summed E-state index contributed by atoms with van der Waals surface area (Å²) in [5.41, 5.74) is 2.72. The molecule has 23 heavy (non-hydrogen) atoms. The number of aryl methyl sites for hydroxylation is 2. The predicted molar refractivity (Wildman–Crippen MR) is 84.8 cm³/mol. The summed E-state index contributed by atoms with van der Waals surface area (Å²) in [6.45, 7) is 0. The van der Waals surface area contributed by atoms with Crippen molar-refractivity contribution in [1.29, 1.82) is 0 Å². The van der Waals surface area contributed by atoms with E-state index in [9.17, 15) is 14.0 Å². The van der Waals surface area contributed by atoms with Crippen LogP contribution in [0.3, 0.4) is 0 Å². The normalized spacial score (nSPS) is 10.9. The highest BCUT2D eigenvalue weighted by Gasteiger charge is 2.08. The van der Waals surface area contributed by atoms with E-state index in [0.29, 0.717) is 23.2 Å². The number of anilines is 1. The van der Waals surface area contributed by atoms with Crippen LogP contribution in [0, 0.1) is 5.82 Å². The number of hydrogen-bond acceptors (Lipinski definition) is 3. The Morgan fingerprint density at radius 2 is 1.96 bits per heavy atom. The molecule has 6 heteroatoms. The number of benzene rings is 2. The lowest BCUT2D eigenvalue weighted by Gasteiger charge is -2.05. The van der Waals surface area contributed by atoms with E-state index in [1.165, 1.54) is 28.8 Å². The summed E-state index contributed by atoms with van der Waals surface area (Å²) in [5, 5.41) is 2.71. The van der Waals surface area contributed by atoms with Gasteiger partial charge >= 0.3 is 5.76 Å². The maximum atomic E-state index is 12.8. The number of fused-ring (bicyclic) bond motifs is 1. The van der Waals surface area contributed by atoms with Gasteiger partial charge in [-0.05, 0) is 48.4 Å². The van der Waals surface area contributed by atoms with Crippen LogP contribution in [0.5, 0.6) is 0 Å². The summed E-state index contributed by atoms with van der Waals surface area (Å²) in [6.07, 6.45) is 0.816. The van der Waals surface area contributed by atoms with Crippen LogP contribution >= 0.6 is 0 Å². The number of carbonyl (C=O) groups is 1. The molecule has 118 valence electrons. The van der Waals surface area contributed by atoms with E-state index in [-0.39, 0.29) is 18.1 Å². The minimum absolute atomic E-state index is 0.155. The first kappa shape index (κ1) is 15.0. The third-order valence-electron chi connectivity index (χ3n) is 3.62. The summed E-state index contributed by atoms with van der Waals surface area (Å²) >= 11 is 0. The standard InChI is InChI=1S/C17H15FN2O3/c1-20-14-10-11(2-8-15(14)23-17(20)22)3-9-16(21)19-13-6-4-12(18)5-7-13/h2,4-8,10H,3,9H2,1H3,(H,19,21). The van der Waals surface area contributed by atoms with Crippen LogP contribution in [0.2, 0.25) is 0 Å². The fourth-order valence-electron chi connectivity index (χ4n) is 2.34. The molecule has 0 fully saturated rings. The highest BCUT2D eigenvalue weighted by atomic mass is 19.1. The Kier molecular flexibility index (Phi) is 3.97. The quantitative estimate of drug-likeness (QED) is 0.805. The summed E-state index contributed by atoms with van der Waals surface area (Å²) in [4.78, 5) is 23.4. The minimum Gasteiger partial charge on any atom is -0.408 e. The first-order valence-corrected chi connectivity index (χ1v) is 7.17. The van der Waals surface area contributed by atoms with E-state index < -0.39 is 5.76 Å². The number of carbonyl (C=O) groups excluding carboxylic acids is 1. The number of nitrogens with one attached hydrogen (secondary N) is 1. The number of hydrogen-bond donors (Lipinski definition) is 1. The van der Waals surface area contributed by atoms with Crippen LogP contribution in [0.25, 0.3) is 11.1 Å². The highest BCUT2D eigenvalue weighted by molar-refractivity contribution is 5.90. The average molecular weight is 314 g/mol. The van der Waals surface area contributed by atoms with Crippen molar-refractivity contribution in [3.8, 4) is 0 Å². The predicted octanol–water partition coefficient (Wildman–Crippen LogP) is 2.84. The molecule has 5 nitrogen and oxygen atoms in total. The van der Waals surface area contributed by atoms with Crippen LogP contribution in [-0.4, -0.2) is 10.5 Å².